The Morgan fingerprint density at radius 1 is 1.00 bits per heavy atom. The van der Waals surface area contributed by atoms with Crippen LogP contribution in [0.25, 0.3) is 15.9 Å². The van der Waals surface area contributed by atoms with Crippen molar-refractivity contribution in [3.8, 4) is 5.00 Å². The molecule has 4 rings (SSSR count). The minimum atomic E-state index is -0.833. The van der Waals surface area contributed by atoms with Gasteiger partial charge in [-0.25, -0.2) is 0 Å². The molecule has 2 N–H and O–H groups in total. The standard InChI is InChI=1S/C19H14N2S.C2H4O2/c20-19(14-7-2-1-3-8-14)16-13-21(18-11-6-12-22-18)17-10-5-4-9-15(16)17;1-2(3)4/h1-13,20H;1H3,(H,3,4). The molecule has 2 aromatic carbocycles. The molecule has 0 radical (unpaired) electrons. The van der Waals surface area contributed by atoms with Gasteiger partial charge in [-0.1, -0.05) is 48.5 Å². The molecule has 0 saturated heterocycles. The maximum atomic E-state index is 9.00. The lowest BCUT2D eigenvalue weighted by molar-refractivity contribution is -0.134. The number of rotatable bonds is 3. The highest BCUT2D eigenvalue weighted by Crippen LogP contribution is 2.28. The summed E-state index contributed by atoms with van der Waals surface area (Å²) >= 11 is 1.70. The molecule has 0 atom stereocenters. The van der Waals surface area contributed by atoms with E-state index in [-0.39, 0.29) is 0 Å². The Bertz CT molecular complexity index is 1030. The number of nitrogens with one attached hydrogen (secondary N) is 1. The summed E-state index contributed by atoms with van der Waals surface area (Å²) in [5.74, 6) is -0.833. The summed E-state index contributed by atoms with van der Waals surface area (Å²) in [6.07, 6.45) is 2.08. The molecule has 4 aromatic rings. The lowest BCUT2D eigenvalue weighted by Crippen LogP contribution is -2.00. The molecule has 0 bridgehead atoms. The summed E-state index contributed by atoms with van der Waals surface area (Å²) in [6, 6.07) is 22.3. The lowest BCUT2D eigenvalue weighted by atomic mass is 10.0. The van der Waals surface area contributed by atoms with E-state index in [9.17, 15) is 0 Å². The maximum absolute atomic E-state index is 9.00. The average molecular weight is 362 g/mol. The van der Waals surface area contributed by atoms with Gasteiger partial charge in [0.1, 0.15) is 0 Å². The summed E-state index contributed by atoms with van der Waals surface area (Å²) in [6.45, 7) is 1.08. The second-order valence-corrected chi connectivity index (χ2v) is 6.57. The number of carboxylic acids is 1. The van der Waals surface area contributed by atoms with Gasteiger partial charge in [0.15, 0.2) is 0 Å². The van der Waals surface area contributed by atoms with Crippen LogP contribution in [-0.4, -0.2) is 21.4 Å². The summed E-state index contributed by atoms with van der Waals surface area (Å²) in [5, 5.41) is 20.4. The summed E-state index contributed by atoms with van der Waals surface area (Å²) in [4.78, 5) is 9.00. The van der Waals surface area contributed by atoms with Gasteiger partial charge in [0.25, 0.3) is 5.97 Å². The topological polar surface area (TPSA) is 66.1 Å². The zero-order valence-corrected chi connectivity index (χ0v) is 15.0. The minimum Gasteiger partial charge on any atom is -0.481 e. The van der Waals surface area contributed by atoms with E-state index in [0.29, 0.717) is 5.71 Å². The minimum absolute atomic E-state index is 0.562. The normalized spacial score (nSPS) is 10.2. The predicted molar refractivity (Wildman–Crippen MR) is 107 cm³/mol. The van der Waals surface area contributed by atoms with Crippen LogP contribution < -0.4 is 0 Å². The van der Waals surface area contributed by atoms with Crippen molar-refractivity contribution in [2.75, 3.05) is 0 Å². The first-order valence-electron chi connectivity index (χ1n) is 8.06. The number of fused-ring (bicyclic) bond motifs is 1. The molecule has 0 aliphatic heterocycles. The highest BCUT2D eigenvalue weighted by molar-refractivity contribution is 7.12. The fourth-order valence-corrected chi connectivity index (χ4v) is 3.45. The molecule has 2 heterocycles. The first-order chi connectivity index (χ1) is 12.6. The maximum Gasteiger partial charge on any atom is 0.300 e. The Labute approximate surface area is 155 Å². The number of nitrogens with zero attached hydrogens (tertiary/aromatic N) is 1. The molecule has 26 heavy (non-hydrogen) atoms. The highest BCUT2D eigenvalue weighted by atomic mass is 32.1. The summed E-state index contributed by atoms with van der Waals surface area (Å²) < 4.78 is 2.17. The zero-order chi connectivity index (χ0) is 18.5. The Balaban J connectivity index is 0.000000447. The van der Waals surface area contributed by atoms with E-state index in [4.69, 9.17) is 15.3 Å². The molecule has 130 valence electrons. The van der Waals surface area contributed by atoms with Crippen molar-refractivity contribution in [2.45, 2.75) is 6.92 Å². The molecule has 5 heteroatoms. The molecule has 0 aliphatic carbocycles. The van der Waals surface area contributed by atoms with Crippen molar-refractivity contribution in [1.29, 1.82) is 5.41 Å². The number of hydrogen-bond acceptors (Lipinski definition) is 3. The summed E-state index contributed by atoms with van der Waals surface area (Å²) in [7, 11) is 0. The fourth-order valence-electron chi connectivity index (χ4n) is 2.73. The largest absolute Gasteiger partial charge is 0.481 e. The number of carboxylic acid groups (broad SMARTS) is 1. The predicted octanol–water partition coefficient (Wildman–Crippen LogP) is 5.20. The van der Waals surface area contributed by atoms with E-state index < -0.39 is 5.97 Å². The molecule has 0 unspecified atom stereocenters. The molecule has 2 aromatic heterocycles. The Hall–Kier alpha value is -3.18. The van der Waals surface area contributed by atoms with Crippen LogP contribution >= 0.6 is 11.3 Å². The average Bonchev–Trinajstić information content (AvgIpc) is 3.29. The van der Waals surface area contributed by atoms with Gasteiger partial charge in [-0.15, -0.1) is 11.3 Å². The number of para-hydroxylation sites is 1. The Morgan fingerprint density at radius 2 is 1.65 bits per heavy atom. The summed E-state index contributed by atoms with van der Waals surface area (Å²) in [5.41, 5.74) is 3.61. The van der Waals surface area contributed by atoms with Gasteiger partial charge < -0.3 is 9.67 Å². The SMILES string of the molecule is CC(=O)O.N=C(c1ccccc1)c1cn(-c2cccs2)c2ccccc12. The first-order valence-corrected chi connectivity index (χ1v) is 8.93. The highest BCUT2D eigenvalue weighted by Gasteiger charge is 2.14. The number of thiophene rings is 1. The Kier molecular flexibility index (Phi) is 5.29. The Morgan fingerprint density at radius 3 is 2.31 bits per heavy atom. The third kappa shape index (κ3) is 3.73. The van der Waals surface area contributed by atoms with Crippen LogP contribution in [0.4, 0.5) is 0 Å². The lowest BCUT2D eigenvalue weighted by Gasteiger charge is -2.02. The molecular weight excluding hydrogens is 344 g/mol. The van der Waals surface area contributed by atoms with Gasteiger partial charge in [-0.05, 0) is 23.6 Å². The smallest absolute Gasteiger partial charge is 0.300 e. The van der Waals surface area contributed by atoms with E-state index in [0.717, 1.165) is 29.0 Å². The zero-order valence-electron chi connectivity index (χ0n) is 14.2. The number of carbonyl (C=O) groups is 1. The second kappa shape index (κ2) is 7.80. The monoisotopic (exact) mass is 362 g/mol. The van der Waals surface area contributed by atoms with Gasteiger partial charge in [0.2, 0.25) is 0 Å². The van der Waals surface area contributed by atoms with Crippen LogP contribution in [0.5, 0.6) is 0 Å². The van der Waals surface area contributed by atoms with Gasteiger partial charge in [-0.2, -0.15) is 0 Å². The molecular formula is C21H18N2O2S. The van der Waals surface area contributed by atoms with Crippen LogP contribution in [0.1, 0.15) is 18.1 Å². The van der Waals surface area contributed by atoms with Crippen LogP contribution in [0, 0.1) is 5.41 Å². The molecule has 4 nitrogen and oxygen atoms in total. The molecule has 0 fully saturated rings. The van der Waals surface area contributed by atoms with Crippen molar-refractivity contribution in [2.24, 2.45) is 0 Å². The number of hydrogen-bond donors (Lipinski definition) is 2. The number of aliphatic carboxylic acids is 1. The van der Waals surface area contributed by atoms with Crippen molar-refractivity contribution in [1.82, 2.24) is 4.57 Å². The number of aromatic nitrogens is 1. The van der Waals surface area contributed by atoms with E-state index in [2.05, 4.69) is 40.4 Å². The van der Waals surface area contributed by atoms with Crippen molar-refractivity contribution >= 4 is 33.9 Å². The van der Waals surface area contributed by atoms with Crippen LogP contribution in [0.15, 0.2) is 78.3 Å². The van der Waals surface area contributed by atoms with Crippen LogP contribution in [-0.2, 0) is 4.79 Å². The van der Waals surface area contributed by atoms with Crippen molar-refractivity contribution < 1.29 is 9.90 Å². The van der Waals surface area contributed by atoms with Crippen molar-refractivity contribution in [3.63, 3.8) is 0 Å². The molecule has 0 spiro atoms. The van der Waals surface area contributed by atoms with E-state index >= 15 is 0 Å². The van der Waals surface area contributed by atoms with Crippen molar-refractivity contribution in [3.05, 3.63) is 89.4 Å². The van der Waals surface area contributed by atoms with Crippen LogP contribution in [0.2, 0.25) is 0 Å². The van der Waals surface area contributed by atoms with Gasteiger partial charge >= 0.3 is 0 Å². The van der Waals surface area contributed by atoms with E-state index in [1.54, 1.807) is 11.3 Å². The van der Waals surface area contributed by atoms with Crippen LogP contribution in [0.3, 0.4) is 0 Å². The van der Waals surface area contributed by atoms with Gasteiger partial charge in [0, 0.05) is 29.6 Å². The van der Waals surface area contributed by atoms with E-state index in [1.165, 1.54) is 5.00 Å². The van der Waals surface area contributed by atoms with E-state index in [1.807, 2.05) is 42.5 Å². The third-order valence-corrected chi connectivity index (χ3v) is 4.65. The van der Waals surface area contributed by atoms with Gasteiger partial charge in [-0.3, -0.25) is 10.2 Å². The van der Waals surface area contributed by atoms with Gasteiger partial charge in [0.05, 0.1) is 16.2 Å². The molecule has 0 saturated carbocycles. The fraction of sp³-hybridized carbons (Fsp3) is 0.0476. The first kappa shape index (κ1) is 17.6. The molecule has 0 amide bonds. The third-order valence-electron chi connectivity index (χ3n) is 3.79. The quantitative estimate of drug-likeness (QED) is 0.492. The molecule has 0 aliphatic rings. The number of benzene rings is 2. The second-order valence-electron chi connectivity index (χ2n) is 5.64.